The Hall–Kier alpha value is -3.93. The predicted octanol–water partition coefficient (Wildman–Crippen LogP) is 4.39. The van der Waals surface area contributed by atoms with Gasteiger partial charge in [-0.05, 0) is 41.0 Å². The van der Waals surface area contributed by atoms with Gasteiger partial charge in [-0.25, -0.2) is 0 Å². The number of nitro groups is 1. The lowest BCUT2D eigenvalue weighted by Gasteiger charge is -2.12. The van der Waals surface area contributed by atoms with Crippen molar-refractivity contribution in [1.29, 1.82) is 0 Å². The molecule has 0 aliphatic rings. The minimum absolute atomic E-state index is 0.0151. The minimum Gasteiger partial charge on any atom is -0.491 e. The average molecular weight is 402 g/mol. The number of carbonyl (C=O) groups is 1. The second-order valence-corrected chi connectivity index (χ2v) is 6.59. The fourth-order valence-electron chi connectivity index (χ4n) is 2.88. The predicted molar refractivity (Wildman–Crippen MR) is 116 cm³/mol. The Labute approximate surface area is 175 Å². The molecule has 6 nitrogen and oxygen atoms in total. The quantitative estimate of drug-likeness (QED) is 0.249. The highest BCUT2D eigenvalue weighted by Crippen LogP contribution is 2.21. The number of carbonyl (C=O) groups excluding carboxylic acids is 1. The van der Waals surface area contributed by atoms with E-state index in [2.05, 4.69) is 17.4 Å². The third-order valence-electron chi connectivity index (χ3n) is 4.40. The molecule has 0 aliphatic carbocycles. The number of rotatable bonds is 9. The van der Waals surface area contributed by atoms with Crippen LogP contribution in [-0.4, -0.2) is 24.0 Å². The molecule has 0 bridgehead atoms. The molecular weight excluding hydrogens is 380 g/mol. The Bertz CT molecular complexity index is 1010. The topological polar surface area (TPSA) is 81.5 Å². The summed E-state index contributed by atoms with van der Waals surface area (Å²) in [5.74, 6) is 0.548. The van der Waals surface area contributed by atoms with Crippen molar-refractivity contribution in [2.75, 3.05) is 13.2 Å². The molecule has 0 spiro atoms. The average Bonchev–Trinajstić information content (AvgIpc) is 2.77. The Kier molecular flexibility index (Phi) is 7.33. The summed E-state index contributed by atoms with van der Waals surface area (Å²) in [6.45, 7) is 0.714. The molecule has 3 rings (SSSR count). The Morgan fingerprint density at radius 3 is 2.40 bits per heavy atom. The van der Waals surface area contributed by atoms with Crippen molar-refractivity contribution in [2.45, 2.75) is 6.42 Å². The molecular formula is C24H22N2O4. The van der Waals surface area contributed by atoms with Crippen molar-refractivity contribution < 1.29 is 14.5 Å². The summed E-state index contributed by atoms with van der Waals surface area (Å²) < 4.78 is 5.86. The molecule has 30 heavy (non-hydrogen) atoms. The van der Waals surface area contributed by atoms with E-state index in [4.69, 9.17) is 4.74 Å². The van der Waals surface area contributed by atoms with Gasteiger partial charge in [0.1, 0.15) is 12.4 Å². The second kappa shape index (κ2) is 10.6. The van der Waals surface area contributed by atoms with Crippen molar-refractivity contribution in [2.24, 2.45) is 0 Å². The van der Waals surface area contributed by atoms with Gasteiger partial charge >= 0.3 is 0 Å². The number of para-hydroxylation sites is 1. The van der Waals surface area contributed by atoms with Crippen LogP contribution in [0.5, 0.6) is 5.75 Å². The molecule has 3 aromatic rings. The fraction of sp³-hybridized carbons (Fsp3) is 0.125. The third-order valence-corrected chi connectivity index (χ3v) is 4.40. The summed E-state index contributed by atoms with van der Waals surface area (Å²) in [6.07, 6.45) is 3.78. The smallest absolute Gasteiger partial charge is 0.269 e. The Morgan fingerprint density at radius 1 is 0.967 bits per heavy atom. The molecule has 0 aliphatic heterocycles. The highest BCUT2D eigenvalue weighted by atomic mass is 16.6. The summed E-state index contributed by atoms with van der Waals surface area (Å²) in [5.41, 5.74) is 3.02. The number of hydrogen-bond donors (Lipinski definition) is 1. The lowest BCUT2D eigenvalue weighted by atomic mass is 10.0. The van der Waals surface area contributed by atoms with E-state index >= 15 is 0 Å². The van der Waals surface area contributed by atoms with Gasteiger partial charge in [0.15, 0.2) is 0 Å². The standard InChI is InChI=1S/C24H22N2O4/c27-24(15-12-19-10-13-22(14-11-19)26(28)29)25-16-17-30-23-9-5-4-8-21(23)18-20-6-2-1-3-7-20/h1-15H,16-18H2,(H,25,27)/b15-12+. The molecule has 0 saturated carbocycles. The molecule has 3 aromatic carbocycles. The molecule has 0 unspecified atom stereocenters. The van der Waals surface area contributed by atoms with Crippen LogP contribution in [0.25, 0.3) is 6.08 Å². The van der Waals surface area contributed by atoms with Gasteiger partial charge in [-0.2, -0.15) is 0 Å². The van der Waals surface area contributed by atoms with E-state index in [1.807, 2.05) is 42.5 Å². The number of non-ortho nitro benzene ring substituents is 1. The van der Waals surface area contributed by atoms with E-state index in [0.717, 1.165) is 17.7 Å². The zero-order chi connectivity index (χ0) is 21.2. The van der Waals surface area contributed by atoms with Gasteiger partial charge in [-0.1, -0.05) is 48.5 Å². The number of nitrogens with one attached hydrogen (secondary N) is 1. The molecule has 0 saturated heterocycles. The first kappa shape index (κ1) is 20.8. The molecule has 1 N–H and O–H groups in total. The number of amides is 1. The highest BCUT2D eigenvalue weighted by Gasteiger charge is 2.05. The van der Waals surface area contributed by atoms with Gasteiger partial charge in [0.25, 0.3) is 5.69 Å². The van der Waals surface area contributed by atoms with Gasteiger partial charge in [-0.3, -0.25) is 14.9 Å². The number of benzene rings is 3. The van der Waals surface area contributed by atoms with Crippen LogP contribution < -0.4 is 10.1 Å². The van der Waals surface area contributed by atoms with E-state index in [-0.39, 0.29) is 11.6 Å². The first-order chi connectivity index (χ1) is 14.6. The van der Waals surface area contributed by atoms with E-state index in [1.54, 1.807) is 18.2 Å². The van der Waals surface area contributed by atoms with E-state index in [0.29, 0.717) is 18.7 Å². The maximum atomic E-state index is 11.9. The number of nitro benzene ring substituents is 1. The minimum atomic E-state index is -0.460. The lowest BCUT2D eigenvalue weighted by Crippen LogP contribution is -2.26. The van der Waals surface area contributed by atoms with Crippen molar-refractivity contribution in [1.82, 2.24) is 5.32 Å². The largest absolute Gasteiger partial charge is 0.491 e. The monoisotopic (exact) mass is 402 g/mol. The molecule has 0 atom stereocenters. The number of nitrogens with zero attached hydrogens (tertiary/aromatic N) is 1. The maximum Gasteiger partial charge on any atom is 0.269 e. The highest BCUT2D eigenvalue weighted by molar-refractivity contribution is 5.91. The van der Waals surface area contributed by atoms with Gasteiger partial charge < -0.3 is 10.1 Å². The van der Waals surface area contributed by atoms with Crippen LogP contribution in [0.15, 0.2) is 84.9 Å². The van der Waals surface area contributed by atoms with Gasteiger partial charge in [-0.15, -0.1) is 0 Å². The summed E-state index contributed by atoms with van der Waals surface area (Å²) in [4.78, 5) is 22.1. The van der Waals surface area contributed by atoms with Crippen molar-refractivity contribution in [3.63, 3.8) is 0 Å². The van der Waals surface area contributed by atoms with Gasteiger partial charge in [0.2, 0.25) is 5.91 Å². The van der Waals surface area contributed by atoms with Crippen LogP contribution >= 0.6 is 0 Å². The molecule has 0 fully saturated rings. The summed E-state index contributed by atoms with van der Waals surface area (Å²) in [5, 5.41) is 13.4. The third kappa shape index (κ3) is 6.31. The zero-order valence-electron chi connectivity index (χ0n) is 16.4. The first-order valence-electron chi connectivity index (χ1n) is 9.57. The molecule has 1 amide bonds. The zero-order valence-corrected chi connectivity index (χ0v) is 16.4. The molecule has 0 aromatic heterocycles. The van der Waals surface area contributed by atoms with Crippen LogP contribution in [-0.2, 0) is 11.2 Å². The summed E-state index contributed by atoms with van der Waals surface area (Å²) in [6, 6.07) is 24.0. The molecule has 6 heteroatoms. The molecule has 0 radical (unpaired) electrons. The Morgan fingerprint density at radius 2 is 1.67 bits per heavy atom. The molecule has 152 valence electrons. The lowest BCUT2D eigenvalue weighted by molar-refractivity contribution is -0.384. The van der Waals surface area contributed by atoms with Crippen molar-refractivity contribution in [3.05, 3.63) is 112 Å². The summed E-state index contributed by atoms with van der Waals surface area (Å²) in [7, 11) is 0. The van der Waals surface area contributed by atoms with E-state index in [1.165, 1.54) is 23.8 Å². The summed E-state index contributed by atoms with van der Waals surface area (Å²) >= 11 is 0. The van der Waals surface area contributed by atoms with Crippen LogP contribution in [0.4, 0.5) is 5.69 Å². The van der Waals surface area contributed by atoms with Gasteiger partial charge in [0, 0.05) is 24.6 Å². The van der Waals surface area contributed by atoms with Gasteiger partial charge in [0.05, 0.1) is 11.5 Å². The number of ether oxygens (including phenoxy) is 1. The SMILES string of the molecule is O=C(/C=C/c1ccc([N+](=O)[O-])cc1)NCCOc1ccccc1Cc1ccccc1. The van der Waals surface area contributed by atoms with Crippen LogP contribution in [0.2, 0.25) is 0 Å². The van der Waals surface area contributed by atoms with Crippen LogP contribution in [0.3, 0.4) is 0 Å². The second-order valence-electron chi connectivity index (χ2n) is 6.59. The fourth-order valence-corrected chi connectivity index (χ4v) is 2.88. The maximum absolute atomic E-state index is 11.9. The Balaban J connectivity index is 1.45. The van der Waals surface area contributed by atoms with Crippen LogP contribution in [0, 0.1) is 10.1 Å². The first-order valence-corrected chi connectivity index (χ1v) is 9.57. The van der Waals surface area contributed by atoms with Crippen LogP contribution in [0.1, 0.15) is 16.7 Å². The molecule has 0 heterocycles. The van der Waals surface area contributed by atoms with E-state index in [9.17, 15) is 14.9 Å². The van der Waals surface area contributed by atoms with Crippen molar-refractivity contribution in [3.8, 4) is 5.75 Å². The van der Waals surface area contributed by atoms with Crippen molar-refractivity contribution >= 4 is 17.7 Å². The number of hydrogen-bond acceptors (Lipinski definition) is 4. The van der Waals surface area contributed by atoms with E-state index < -0.39 is 4.92 Å². The normalized spacial score (nSPS) is 10.7.